The number of alkyl halides is 24. The van der Waals surface area contributed by atoms with Crippen molar-refractivity contribution in [3.8, 4) is 0 Å². The van der Waals surface area contributed by atoms with Gasteiger partial charge in [0, 0.05) is 5.56 Å². The molecule has 0 bridgehead atoms. The highest BCUT2D eigenvalue weighted by Gasteiger charge is 2.47. The minimum absolute atomic E-state index is 0.0359. The zero-order valence-corrected chi connectivity index (χ0v) is 37.3. The third-order valence-electron chi connectivity index (χ3n) is 11.3. The highest BCUT2D eigenvalue weighted by Crippen LogP contribution is 2.41. The van der Waals surface area contributed by atoms with Gasteiger partial charge in [0.05, 0.1) is 56.9 Å². The number of halogens is 24. The number of aliphatic carboxylic acids is 1. The van der Waals surface area contributed by atoms with Crippen LogP contribution in [0.25, 0.3) is 5.57 Å². The molecule has 5 aromatic carbocycles. The molecule has 0 saturated heterocycles. The van der Waals surface area contributed by atoms with E-state index in [1.54, 1.807) is 30.5 Å². The fraction of sp³-hybridized carbons (Fsp3) is 0.191. The van der Waals surface area contributed by atoms with Crippen molar-refractivity contribution < 1.29 is 125 Å². The molecule has 30 heteroatoms. The molecule has 6 aromatic rings. The first-order valence-electron chi connectivity index (χ1n) is 20.6. The van der Waals surface area contributed by atoms with Crippen molar-refractivity contribution in [3.05, 3.63) is 184 Å². The predicted molar refractivity (Wildman–Crippen MR) is 222 cm³/mol. The van der Waals surface area contributed by atoms with E-state index in [-0.39, 0.29) is 17.9 Å². The number of ketones is 1. The summed E-state index contributed by atoms with van der Waals surface area (Å²) in [5.41, 5.74) is -29.4. The van der Waals surface area contributed by atoms with E-state index in [0.29, 0.717) is 11.3 Å². The number of hydrogen-bond donors (Lipinski definition) is 1. The SMILES string of the molecule is C=C(C(=O)O)c1cncc[n+]1CC(=O)c1ccccc1.FC(F)(F)c1cc([B-](c2cc(C(F)(F)F)cc(C(F)(F)F)c2)(c2cc(C(F)(F)F)cc(C(F)(F)F)c2)c2cc(C(F)(F)F)cc(C(F)(F)F)c2)cc(C(F)(F)F)c1. The molecular formula is C47H25BF24N2O3. The van der Waals surface area contributed by atoms with Crippen LogP contribution in [0.5, 0.6) is 0 Å². The van der Waals surface area contributed by atoms with Crippen LogP contribution in [0.1, 0.15) is 60.6 Å². The maximum Gasteiger partial charge on any atom is 0.416 e. The Balaban J connectivity index is 0.000000455. The lowest BCUT2D eigenvalue weighted by molar-refractivity contribution is -0.685. The molecule has 0 unspecified atom stereocenters. The molecule has 1 aromatic heterocycles. The van der Waals surface area contributed by atoms with Gasteiger partial charge in [0.2, 0.25) is 18.0 Å². The molecule has 0 aliphatic rings. The first kappa shape index (κ1) is 60.3. The van der Waals surface area contributed by atoms with E-state index in [4.69, 9.17) is 5.11 Å². The minimum atomic E-state index is -6.13. The molecule has 5 nitrogen and oxygen atoms in total. The van der Waals surface area contributed by atoms with Gasteiger partial charge in [-0.25, -0.2) is 4.79 Å². The highest BCUT2D eigenvalue weighted by atomic mass is 19.4. The number of carbonyl (C=O) groups excluding carboxylic acids is 1. The molecular weight excluding hydrogens is 1110 g/mol. The summed E-state index contributed by atoms with van der Waals surface area (Å²) in [7, 11) is 0. The monoisotopic (exact) mass is 1130 g/mol. The number of benzene rings is 5. The molecule has 0 aliphatic carbocycles. The van der Waals surface area contributed by atoms with Crippen molar-refractivity contribution >= 4 is 45.3 Å². The van der Waals surface area contributed by atoms with Crippen molar-refractivity contribution in [2.75, 3.05) is 0 Å². The molecule has 0 radical (unpaired) electrons. The van der Waals surface area contributed by atoms with Gasteiger partial charge in [-0.3, -0.25) is 9.78 Å². The van der Waals surface area contributed by atoms with E-state index in [9.17, 15) is 115 Å². The number of carboxylic acids is 1. The third kappa shape index (κ3) is 13.9. The van der Waals surface area contributed by atoms with Crippen molar-refractivity contribution in [1.29, 1.82) is 0 Å². The van der Waals surface area contributed by atoms with Crippen molar-refractivity contribution in [1.82, 2.24) is 4.98 Å². The van der Waals surface area contributed by atoms with Crippen molar-refractivity contribution in [2.24, 2.45) is 0 Å². The summed E-state index contributed by atoms with van der Waals surface area (Å²) in [4.78, 5) is 27.0. The summed E-state index contributed by atoms with van der Waals surface area (Å²) in [6.45, 7) is 3.53. The van der Waals surface area contributed by atoms with Gasteiger partial charge in [0.25, 0.3) is 0 Å². The summed E-state index contributed by atoms with van der Waals surface area (Å²) in [6.07, 6.45) is -50.4. The number of aromatic nitrogens is 2. The van der Waals surface area contributed by atoms with Gasteiger partial charge in [-0.1, -0.05) is 85.4 Å². The normalized spacial score (nSPS) is 13.2. The Morgan fingerprint density at radius 1 is 0.442 bits per heavy atom. The summed E-state index contributed by atoms with van der Waals surface area (Å²) < 4.78 is 342. The van der Waals surface area contributed by atoms with Gasteiger partial charge < -0.3 is 5.11 Å². The number of Topliss-reactive ketones (excluding diaryl/α,β-unsaturated/α-hetero) is 1. The molecule has 0 aliphatic heterocycles. The Bertz CT molecular complexity index is 2750. The maximum absolute atomic E-state index is 14.2. The zero-order valence-electron chi connectivity index (χ0n) is 37.3. The Morgan fingerprint density at radius 2 is 0.701 bits per heavy atom. The van der Waals surface area contributed by atoms with Crippen molar-refractivity contribution in [2.45, 2.75) is 56.0 Å². The van der Waals surface area contributed by atoms with E-state index in [1.165, 1.54) is 17.0 Å². The minimum Gasteiger partial charge on any atom is -0.477 e. The van der Waals surface area contributed by atoms with Gasteiger partial charge in [-0.2, -0.15) is 132 Å². The van der Waals surface area contributed by atoms with Crippen LogP contribution in [0.3, 0.4) is 0 Å². The molecule has 0 saturated carbocycles. The average Bonchev–Trinajstić information content (AvgIpc) is 3.29. The Hall–Kier alpha value is -7.56. The quantitative estimate of drug-likeness (QED) is 0.0515. The van der Waals surface area contributed by atoms with Crippen LogP contribution in [-0.2, 0) is 60.7 Å². The van der Waals surface area contributed by atoms with Gasteiger partial charge >= 0.3 is 55.4 Å². The number of hydrogen-bond acceptors (Lipinski definition) is 3. The van der Waals surface area contributed by atoms with E-state index in [0.717, 1.165) is 0 Å². The molecule has 1 N–H and O–H groups in total. The number of nitrogens with zero attached hydrogens (tertiary/aromatic N) is 2. The number of rotatable bonds is 9. The van der Waals surface area contributed by atoms with E-state index in [1.807, 2.05) is 6.07 Å². The lowest BCUT2D eigenvalue weighted by Gasteiger charge is -2.46. The van der Waals surface area contributed by atoms with Crippen LogP contribution < -0.4 is 26.4 Å². The zero-order chi connectivity index (χ0) is 58.4. The molecule has 0 atom stereocenters. The van der Waals surface area contributed by atoms with Crippen molar-refractivity contribution in [3.63, 3.8) is 0 Å². The van der Waals surface area contributed by atoms with Crippen LogP contribution in [0.15, 0.2) is 128 Å². The van der Waals surface area contributed by atoms with Gasteiger partial charge in [-0.15, -0.1) is 0 Å². The largest absolute Gasteiger partial charge is 0.477 e. The Labute approximate surface area is 414 Å². The summed E-state index contributed by atoms with van der Waals surface area (Å²) in [5, 5.41) is 8.99. The van der Waals surface area contributed by atoms with Crippen LogP contribution in [-0.4, -0.2) is 28.0 Å². The van der Waals surface area contributed by atoms with Crippen LogP contribution in [0, 0.1) is 0 Å². The first-order valence-corrected chi connectivity index (χ1v) is 20.6. The molecule has 412 valence electrons. The average molecular weight is 1130 g/mol. The lowest BCUT2D eigenvalue weighted by atomic mass is 9.12. The van der Waals surface area contributed by atoms with E-state index >= 15 is 0 Å². The Morgan fingerprint density at radius 3 is 0.935 bits per heavy atom. The van der Waals surface area contributed by atoms with Crippen LogP contribution in [0.2, 0.25) is 0 Å². The van der Waals surface area contributed by atoms with Crippen LogP contribution in [0.4, 0.5) is 105 Å². The summed E-state index contributed by atoms with van der Waals surface area (Å²) in [6, 6.07) is 0.0118. The smallest absolute Gasteiger partial charge is 0.416 e. The maximum atomic E-state index is 14.2. The second kappa shape index (κ2) is 20.8. The molecule has 77 heavy (non-hydrogen) atoms. The molecule has 1 heterocycles. The van der Waals surface area contributed by atoms with Gasteiger partial charge in [0.15, 0.2) is 6.20 Å². The predicted octanol–water partition coefficient (Wildman–Crippen LogP) is 12.6. The first-order chi connectivity index (χ1) is 34.9. The fourth-order valence-electron chi connectivity index (χ4n) is 7.83. The molecule has 0 fully saturated rings. The summed E-state index contributed by atoms with van der Waals surface area (Å²) in [5.74, 6) is -1.25. The third-order valence-corrected chi connectivity index (χ3v) is 11.3. The topological polar surface area (TPSA) is 71.1 Å². The Kier molecular flexibility index (Phi) is 16.3. The molecule has 0 amide bonds. The standard InChI is InChI=1S/C32H12BF24.C15H12N2O3/c34-25(35,36)13-1-14(26(37,38)39)6-21(5-13)33(22-7-15(27(40,41)42)2-16(8-22)28(43,44)45,23-9-17(29(46,47)48)3-18(10-23)30(49,50)51)24-11-19(31(52,53)54)4-20(12-24)32(55,56)57;1-11(15(19)20)13-9-16-7-8-17(13)10-14(18)12-5-3-2-4-6-12/h1-12H;2-9H,1,10H2/q-1;/p+1. The number of carboxylic acid groups (broad SMARTS) is 1. The number of carbonyl (C=O) groups is 2. The highest BCUT2D eigenvalue weighted by molar-refractivity contribution is 7.20. The lowest BCUT2D eigenvalue weighted by Crippen LogP contribution is -2.75. The van der Waals surface area contributed by atoms with E-state index in [2.05, 4.69) is 11.6 Å². The van der Waals surface area contributed by atoms with Gasteiger partial charge in [0.1, 0.15) is 11.7 Å². The molecule has 6 rings (SSSR count). The fourth-order valence-corrected chi connectivity index (χ4v) is 7.83. The van der Waals surface area contributed by atoms with Gasteiger partial charge in [-0.05, 0) is 24.3 Å². The second-order valence-corrected chi connectivity index (χ2v) is 16.4. The second-order valence-electron chi connectivity index (χ2n) is 16.4. The molecule has 0 spiro atoms. The summed E-state index contributed by atoms with van der Waals surface area (Å²) >= 11 is 0. The van der Waals surface area contributed by atoms with E-state index < -0.39 is 201 Å². The van der Waals surface area contributed by atoms with Crippen LogP contribution >= 0.6 is 0 Å².